The molecule has 0 saturated carbocycles. The van der Waals surface area contributed by atoms with E-state index in [-0.39, 0.29) is 35.9 Å². The molecule has 0 bridgehead atoms. The number of rotatable bonds is 7. The maximum atomic E-state index is 15.3. The number of pyridine rings is 1. The van der Waals surface area contributed by atoms with E-state index in [4.69, 9.17) is 15.2 Å². The van der Waals surface area contributed by atoms with Crippen molar-refractivity contribution in [3.8, 4) is 11.3 Å². The number of fused-ring (bicyclic) bond motifs is 1. The number of aliphatic hydroxyl groups is 1. The van der Waals surface area contributed by atoms with Gasteiger partial charge in [0.25, 0.3) is 0 Å². The molecular weight excluding hydrogens is 530 g/mol. The Hall–Kier alpha value is -3.51. The van der Waals surface area contributed by atoms with Gasteiger partial charge in [-0.05, 0) is 48.7 Å². The summed E-state index contributed by atoms with van der Waals surface area (Å²) in [7, 11) is 0. The van der Waals surface area contributed by atoms with E-state index in [1.165, 1.54) is 12.1 Å². The summed E-state index contributed by atoms with van der Waals surface area (Å²) < 4.78 is 43.3. The van der Waals surface area contributed by atoms with Gasteiger partial charge in [0.15, 0.2) is 0 Å². The molecule has 2 aliphatic heterocycles. The van der Waals surface area contributed by atoms with Gasteiger partial charge in [-0.1, -0.05) is 6.92 Å². The fraction of sp³-hybridized carbons (Fsp3) is 0.433. The molecule has 0 amide bonds. The molecule has 2 fully saturated rings. The van der Waals surface area contributed by atoms with Gasteiger partial charge in [0, 0.05) is 68.3 Å². The number of piperidine rings is 1. The molecular formula is C30H34F2N6O3. The number of nitrogens with two attached hydrogens (primary N) is 1. The predicted molar refractivity (Wildman–Crippen MR) is 149 cm³/mol. The number of imidazole rings is 1. The van der Waals surface area contributed by atoms with Gasteiger partial charge >= 0.3 is 0 Å². The summed E-state index contributed by atoms with van der Waals surface area (Å²) >= 11 is 0. The van der Waals surface area contributed by atoms with Crippen molar-refractivity contribution < 1.29 is 23.4 Å². The van der Waals surface area contributed by atoms with E-state index in [1.54, 1.807) is 35.2 Å². The first-order valence-corrected chi connectivity index (χ1v) is 14.0. The van der Waals surface area contributed by atoms with Gasteiger partial charge in [0.05, 0.1) is 41.8 Å². The predicted octanol–water partition coefficient (Wildman–Crippen LogP) is 3.50. The summed E-state index contributed by atoms with van der Waals surface area (Å²) in [4.78, 5) is 11.0. The SMILES string of the molecule is C[C@H]1CN(c2ccncc2Cc2ncc3ccc(-c4c(F)cc(COC5CCOCC5)cc4F)nn23)C[C@@H](N)[C@@H]1O. The van der Waals surface area contributed by atoms with Crippen molar-refractivity contribution in [1.29, 1.82) is 0 Å². The fourth-order valence-electron chi connectivity index (χ4n) is 5.74. The van der Waals surface area contributed by atoms with Crippen LogP contribution in [-0.2, 0) is 22.5 Å². The highest BCUT2D eigenvalue weighted by Crippen LogP contribution is 2.29. The lowest BCUT2D eigenvalue weighted by Crippen LogP contribution is -2.55. The number of hydrogen-bond acceptors (Lipinski definition) is 8. The van der Waals surface area contributed by atoms with Crippen LogP contribution in [0, 0.1) is 17.6 Å². The summed E-state index contributed by atoms with van der Waals surface area (Å²) in [6.07, 6.45) is 6.60. The molecule has 0 unspecified atom stereocenters. The minimum Gasteiger partial charge on any atom is -0.391 e. The standard InChI is InChI=1S/C30H34F2N6O3/c1-18-15-37(16-25(33)30(18)39)27-4-7-34-13-20(27)12-28-35-14-21-2-3-26(36-38(21)28)29-23(31)10-19(11-24(29)32)17-41-22-5-8-40-9-6-22/h2-4,7,10-11,13-14,18,22,25,30,39H,5-6,8-9,12,15-17,33H2,1H3/t18-,25+,30+/m0/s1. The van der Waals surface area contributed by atoms with Gasteiger partial charge in [-0.25, -0.2) is 18.3 Å². The van der Waals surface area contributed by atoms with E-state index in [0.29, 0.717) is 49.6 Å². The first kappa shape index (κ1) is 27.6. The summed E-state index contributed by atoms with van der Waals surface area (Å²) in [5, 5.41) is 14.9. The van der Waals surface area contributed by atoms with Crippen molar-refractivity contribution in [2.45, 2.75) is 51.0 Å². The van der Waals surface area contributed by atoms with E-state index < -0.39 is 17.7 Å². The molecule has 3 atom stereocenters. The largest absolute Gasteiger partial charge is 0.391 e. The molecule has 6 rings (SSSR count). The van der Waals surface area contributed by atoms with Gasteiger partial charge in [-0.2, -0.15) is 5.10 Å². The number of hydrogen-bond donors (Lipinski definition) is 2. The first-order chi connectivity index (χ1) is 19.9. The second-order valence-corrected chi connectivity index (χ2v) is 11.0. The molecule has 0 aliphatic carbocycles. The Morgan fingerprint density at radius 1 is 1.10 bits per heavy atom. The number of ether oxygens (including phenoxy) is 2. The van der Waals surface area contributed by atoms with Crippen molar-refractivity contribution in [2.24, 2.45) is 11.7 Å². The van der Waals surface area contributed by atoms with Crippen LogP contribution in [0.1, 0.15) is 36.7 Å². The maximum absolute atomic E-state index is 15.3. The Morgan fingerprint density at radius 2 is 1.88 bits per heavy atom. The van der Waals surface area contributed by atoms with Crippen LogP contribution in [-0.4, -0.2) is 69.2 Å². The molecule has 2 aliphatic rings. The Bertz CT molecular complexity index is 1490. The first-order valence-electron chi connectivity index (χ1n) is 14.0. The zero-order valence-electron chi connectivity index (χ0n) is 22.9. The van der Waals surface area contributed by atoms with Crippen molar-refractivity contribution in [3.63, 3.8) is 0 Å². The van der Waals surface area contributed by atoms with Crippen LogP contribution in [0.5, 0.6) is 0 Å². The van der Waals surface area contributed by atoms with Crippen LogP contribution in [0.15, 0.2) is 48.9 Å². The molecule has 41 heavy (non-hydrogen) atoms. The quantitative estimate of drug-likeness (QED) is 0.351. The molecule has 2 saturated heterocycles. The van der Waals surface area contributed by atoms with Crippen molar-refractivity contribution in [1.82, 2.24) is 19.6 Å². The summed E-state index contributed by atoms with van der Waals surface area (Å²) in [6.45, 7) is 4.55. The second kappa shape index (κ2) is 11.8. The van der Waals surface area contributed by atoms with Crippen LogP contribution >= 0.6 is 0 Å². The third kappa shape index (κ3) is 5.80. The molecule has 0 spiro atoms. The number of aromatic nitrogens is 4. The molecule has 11 heteroatoms. The van der Waals surface area contributed by atoms with Crippen LogP contribution in [0.3, 0.4) is 0 Å². The van der Waals surface area contributed by atoms with Crippen LogP contribution in [0.4, 0.5) is 14.5 Å². The number of anilines is 1. The Kier molecular flexibility index (Phi) is 7.94. The molecule has 3 N–H and O–H groups in total. The van der Waals surface area contributed by atoms with Gasteiger partial charge in [0.1, 0.15) is 17.5 Å². The van der Waals surface area contributed by atoms with Gasteiger partial charge in [-0.15, -0.1) is 0 Å². The van der Waals surface area contributed by atoms with E-state index in [2.05, 4.69) is 20.0 Å². The van der Waals surface area contributed by atoms with Gasteiger partial charge < -0.3 is 25.2 Å². The molecule has 0 radical (unpaired) electrons. The van der Waals surface area contributed by atoms with Crippen LogP contribution in [0.25, 0.3) is 16.8 Å². The second-order valence-electron chi connectivity index (χ2n) is 11.0. The smallest absolute Gasteiger partial charge is 0.135 e. The summed E-state index contributed by atoms with van der Waals surface area (Å²) in [6, 6.07) is 7.53. The van der Waals surface area contributed by atoms with Crippen molar-refractivity contribution >= 4 is 11.2 Å². The molecule has 4 aromatic rings. The lowest BCUT2D eigenvalue weighted by molar-refractivity contribution is -0.0391. The number of nitrogens with zero attached hydrogens (tertiary/aromatic N) is 5. The van der Waals surface area contributed by atoms with Crippen LogP contribution in [0.2, 0.25) is 0 Å². The highest BCUT2D eigenvalue weighted by atomic mass is 19.1. The Labute approximate surface area is 236 Å². The molecule has 3 aromatic heterocycles. The van der Waals surface area contributed by atoms with Crippen LogP contribution < -0.4 is 10.6 Å². The third-order valence-corrected chi connectivity index (χ3v) is 8.00. The number of benzene rings is 1. The van der Waals surface area contributed by atoms with E-state index in [9.17, 15) is 5.11 Å². The fourth-order valence-corrected chi connectivity index (χ4v) is 5.74. The highest BCUT2D eigenvalue weighted by molar-refractivity contribution is 5.63. The molecule has 1 aromatic carbocycles. The monoisotopic (exact) mass is 564 g/mol. The minimum atomic E-state index is -0.698. The lowest BCUT2D eigenvalue weighted by Gasteiger charge is -2.40. The topological polar surface area (TPSA) is 111 Å². The van der Waals surface area contributed by atoms with Crippen molar-refractivity contribution in [2.75, 3.05) is 31.2 Å². The van der Waals surface area contributed by atoms with E-state index in [1.807, 2.05) is 13.0 Å². The molecule has 9 nitrogen and oxygen atoms in total. The Balaban J connectivity index is 1.25. The molecule has 216 valence electrons. The zero-order chi connectivity index (χ0) is 28.5. The van der Waals surface area contributed by atoms with E-state index >= 15 is 8.78 Å². The Morgan fingerprint density at radius 3 is 2.63 bits per heavy atom. The normalized spacial score (nSPS) is 22.0. The van der Waals surface area contributed by atoms with E-state index in [0.717, 1.165) is 24.1 Å². The highest BCUT2D eigenvalue weighted by Gasteiger charge is 2.32. The number of halogens is 2. The summed E-state index contributed by atoms with van der Waals surface area (Å²) in [5.41, 5.74) is 9.18. The zero-order valence-corrected chi connectivity index (χ0v) is 22.9. The maximum Gasteiger partial charge on any atom is 0.135 e. The van der Waals surface area contributed by atoms with Gasteiger partial charge in [-0.3, -0.25) is 4.98 Å². The third-order valence-electron chi connectivity index (χ3n) is 8.00. The molecule has 5 heterocycles. The average molecular weight is 565 g/mol. The minimum absolute atomic E-state index is 0.0147. The van der Waals surface area contributed by atoms with Crippen molar-refractivity contribution in [3.05, 3.63) is 77.5 Å². The number of aliphatic hydroxyl groups excluding tert-OH is 1. The van der Waals surface area contributed by atoms with Gasteiger partial charge in [0.2, 0.25) is 0 Å². The lowest BCUT2D eigenvalue weighted by atomic mass is 9.92. The summed E-state index contributed by atoms with van der Waals surface area (Å²) in [5.74, 6) is -0.776. The average Bonchev–Trinajstić information content (AvgIpc) is 3.37.